The molecule has 1 N–H and O–H groups in total. The zero-order valence-electron chi connectivity index (χ0n) is 16.1. The van der Waals surface area contributed by atoms with E-state index in [9.17, 15) is 5.11 Å². The second-order valence-electron chi connectivity index (χ2n) is 8.28. The molecule has 0 aromatic heterocycles. The van der Waals surface area contributed by atoms with Gasteiger partial charge in [-0.05, 0) is 42.6 Å². The van der Waals surface area contributed by atoms with E-state index in [0.717, 1.165) is 12.2 Å². The first-order chi connectivity index (χ1) is 11.7. The molecule has 0 bridgehead atoms. The number of para-hydroxylation sites is 1. The summed E-state index contributed by atoms with van der Waals surface area (Å²) < 4.78 is 12.5. The lowest BCUT2D eigenvalue weighted by molar-refractivity contribution is 0.149. The van der Waals surface area contributed by atoms with Crippen LogP contribution in [-0.4, -0.2) is 32.2 Å². The van der Waals surface area contributed by atoms with Crippen molar-refractivity contribution in [3.05, 3.63) is 54.6 Å². The molecule has 1 aliphatic carbocycles. The molecule has 0 saturated carbocycles. The van der Waals surface area contributed by atoms with Gasteiger partial charge < -0.3 is 14.3 Å². The van der Waals surface area contributed by atoms with E-state index in [0.29, 0.717) is 6.61 Å². The lowest BCUT2D eigenvalue weighted by atomic mass is 10.1. The van der Waals surface area contributed by atoms with Gasteiger partial charge in [-0.15, -0.1) is 0 Å². The number of aliphatic hydroxyl groups excluding tert-OH is 1. The predicted octanol–water partition coefficient (Wildman–Crippen LogP) is 4.95. The zero-order chi connectivity index (χ0) is 18.5. The number of ether oxygens (including phenoxy) is 1. The first-order valence-corrected chi connectivity index (χ1v) is 12.0. The van der Waals surface area contributed by atoms with Gasteiger partial charge in [0.05, 0.1) is 12.2 Å². The Hall–Kier alpha value is -1.36. The van der Waals surface area contributed by atoms with E-state index in [-0.39, 0.29) is 23.2 Å². The Balaban J connectivity index is 2.05. The van der Waals surface area contributed by atoms with Gasteiger partial charge in [-0.3, -0.25) is 0 Å². The molecule has 0 aliphatic heterocycles. The summed E-state index contributed by atoms with van der Waals surface area (Å²) in [5.74, 6) is 1.13. The van der Waals surface area contributed by atoms with E-state index >= 15 is 0 Å². The van der Waals surface area contributed by atoms with Gasteiger partial charge >= 0.3 is 0 Å². The Morgan fingerprint density at radius 1 is 1.20 bits per heavy atom. The van der Waals surface area contributed by atoms with Gasteiger partial charge in [0, 0.05) is 0 Å². The Morgan fingerprint density at radius 2 is 1.88 bits per heavy atom. The van der Waals surface area contributed by atoms with Crippen molar-refractivity contribution in [3.8, 4) is 5.75 Å². The van der Waals surface area contributed by atoms with E-state index < -0.39 is 8.32 Å². The topological polar surface area (TPSA) is 38.7 Å². The predicted molar refractivity (Wildman–Crippen MR) is 106 cm³/mol. The minimum Gasteiger partial charge on any atom is -0.491 e. The van der Waals surface area contributed by atoms with Crippen molar-refractivity contribution >= 4 is 8.32 Å². The largest absolute Gasteiger partial charge is 0.491 e. The molecule has 1 aliphatic rings. The molecule has 4 heteroatoms. The Kier molecular flexibility index (Phi) is 6.66. The molecule has 138 valence electrons. The van der Waals surface area contributed by atoms with Crippen LogP contribution in [0.4, 0.5) is 0 Å². The maximum Gasteiger partial charge on any atom is 0.193 e. The van der Waals surface area contributed by atoms with E-state index in [1.807, 2.05) is 36.4 Å². The van der Waals surface area contributed by atoms with Crippen molar-refractivity contribution in [2.24, 2.45) is 5.92 Å². The van der Waals surface area contributed by atoms with E-state index in [4.69, 9.17) is 9.16 Å². The van der Waals surface area contributed by atoms with Gasteiger partial charge in [0.15, 0.2) is 8.32 Å². The number of hydrogen-bond donors (Lipinski definition) is 1. The van der Waals surface area contributed by atoms with Gasteiger partial charge in [-0.2, -0.15) is 0 Å². The fraction of sp³-hybridized carbons (Fsp3) is 0.524. The lowest BCUT2D eigenvalue weighted by Crippen LogP contribution is -2.44. The molecule has 3 atom stereocenters. The number of rotatable bonds is 7. The smallest absolute Gasteiger partial charge is 0.193 e. The maximum absolute atomic E-state index is 9.64. The highest BCUT2D eigenvalue weighted by molar-refractivity contribution is 6.74. The van der Waals surface area contributed by atoms with Crippen molar-refractivity contribution in [3.63, 3.8) is 0 Å². The van der Waals surface area contributed by atoms with Crippen molar-refractivity contribution in [1.29, 1.82) is 0 Å². The highest BCUT2D eigenvalue weighted by Gasteiger charge is 2.39. The van der Waals surface area contributed by atoms with Crippen molar-refractivity contribution in [1.82, 2.24) is 0 Å². The third-order valence-corrected chi connectivity index (χ3v) is 9.58. The lowest BCUT2D eigenvalue weighted by Gasteiger charge is -2.38. The molecule has 2 rings (SSSR count). The van der Waals surface area contributed by atoms with Crippen molar-refractivity contribution < 1.29 is 14.3 Å². The van der Waals surface area contributed by atoms with E-state index in [1.165, 1.54) is 0 Å². The number of benzene rings is 1. The van der Waals surface area contributed by atoms with Crippen LogP contribution in [0.5, 0.6) is 5.75 Å². The van der Waals surface area contributed by atoms with Crippen LogP contribution in [0, 0.1) is 5.92 Å². The monoisotopic (exact) mass is 360 g/mol. The number of hydrogen-bond acceptors (Lipinski definition) is 3. The second-order valence-corrected chi connectivity index (χ2v) is 13.0. The molecule has 0 amide bonds. The molecule has 1 aromatic rings. The van der Waals surface area contributed by atoms with Crippen LogP contribution in [0.3, 0.4) is 0 Å². The fourth-order valence-electron chi connectivity index (χ4n) is 2.50. The molecular weight excluding hydrogens is 328 g/mol. The molecule has 0 saturated heterocycles. The minimum absolute atomic E-state index is 0.0905. The molecule has 1 aromatic carbocycles. The Labute approximate surface area is 153 Å². The Bertz CT molecular complexity index is 587. The fourth-order valence-corrected chi connectivity index (χ4v) is 3.75. The Morgan fingerprint density at radius 3 is 2.44 bits per heavy atom. The molecule has 0 spiro atoms. The van der Waals surface area contributed by atoms with E-state index in [2.05, 4.69) is 52.1 Å². The molecule has 0 heterocycles. The molecule has 25 heavy (non-hydrogen) atoms. The average Bonchev–Trinajstić information content (AvgIpc) is 2.95. The second kappa shape index (κ2) is 8.34. The van der Waals surface area contributed by atoms with Crippen molar-refractivity contribution in [2.75, 3.05) is 6.61 Å². The average molecular weight is 361 g/mol. The number of aliphatic hydroxyl groups is 1. The zero-order valence-corrected chi connectivity index (χ0v) is 17.1. The van der Waals surface area contributed by atoms with Gasteiger partial charge in [-0.25, -0.2) is 0 Å². The first-order valence-electron chi connectivity index (χ1n) is 9.08. The van der Waals surface area contributed by atoms with Crippen LogP contribution in [0.15, 0.2) is 54.6 Å². The summed E-state index contributed by atoms with van der Waals surface area (Å²) in [5, 5.41) is 9.79. The van der Waals surface area contributed by atoms with Gasteiger partial charge in [-0.1, -0.05) is 63.3 Å². The van der Waals surface area contributed by atoms with Gasteiger partial charge in [0.2, 0.25) is 0 Å². The molecule has 0 radical (unpaired) electrons. The van der Waals surface area contributed by atoms with Crippen LogP contribution in [0.1, 0.15) is 27.2 Å². The summed E-state index contributed by atoms with van der Waals surface area (Å²) in [7, 11) is -1.90. The summed E-state index contributed by atoms with van der Waals surface area (Å²) in [5.41, 5.74) is 0. The first kappa shape index (κ1) is 20.0. The molecule has 1 unspecified atom stereocenters. The standard InChI is InChI=1S/C21H32O3Si/c1-21(2,3)25(4,5)24-20(14-12-17-11-13-18(22)15-17)16-23-19-9-7-6-8-10-19/h6-14,17-18,20,22H,15-16H2,1-5H3/b14-12+/t17-,18+,20?/m0/s1. The third-order valence-electron chi connectivity index (χ3n) is 5.08. The highest BCUT2D eigenvalue weighted by Crippen LogP contribution is 2.37. The van der Waals surface area contributed by atoms with Crippen LogP contribution >= 0.6 is 0 Å². The van der Waals surface area contributed by atoms with Crippen LogP contribution in [0.25, 0.3) is 0 Å². The summed E-state index contributed by atoms with van der Waals surface area (Å²) in [6.07, 6.45) is 8.50. The summed E-state index contributed by atoms with van der Waals surface area (Å²) in [6.45, 7) is 11.7. The highest BCUT2D eigenvalue weighted by atomic mass is 28.4. The molecule has 0 fully saturated rings. The summed E-state index contributed by atoms with van der Waals surface area (Å²) >= 11 is 0. The van der Waals surface area contributed by atoms with Gasteiger partial charge in [0.25, 0.3) is 0 Å². The number of allylic oxidation sites excluding steroid dienone is 2. The van der Waals surface area contributed by atoms with Crippen LogP contribution in [0.2, 0.25) is 18.1 Å². The molecular formula is C21H32O3Si. The SMILES string of the molecule is CC(C)(C)[Si](C)(C)OC(/C=C/[C@@H]1C=C[C@@H](O)C1)COc1ccccc1. The van der Waals surface area contributed by atoms with Gasteiger partial charge in [0.1, 0.15) is 12.4 Å². The van der Waals surface area contributed by atoms with E-state index in [1.54, 1.807) is 0 Å². The summed E-state index contributed by atoms with van der Waals surface area (Å²) in [6, 6.07) is 9.85. The quantitative estimate of drug-likeness (QED) is 0.552. The van der Waals surface area contributed by atoms with Crippen molar-refractivity contribution in [2.45, 2.75) is 57.5 Å². The normalized spacial score (nSPS) is 22.5. The van der Waals surface area contributed by atoms with Crippen LogP contribution < -0.4 is 4.74 Å². The molecule has 3 nitrogen and oxygen atoms in total. The third kappa shape index (κ3) is 6.14. The maximum atomic E-state index is 9.64. The van der Waals surface area contributed by atoms with Crippen LogP contribution in [-0.2, 0) is 4.43 Å². The minimum atomic E-state index is -1.90. The summed E-state index contributed by atoms with van der Waals surface area (Å²) in [4.78, 5) is 0.